The van der Waals surface area contributed by atoms with Crippen LogP contribution in [0.3, 0.4) is 0 Å². The molecule has 0 aliphatic rings. The molecule has 8 heteroatoms. The number of fused-ring (bicyclic) bond motifs is 6. The van der Waals surface area contributed by atoms with Gasteiger partial charge in [0.2, 0.25) is 0 Å². The van der Waals surface area contributed by atoms with E-state index in [-0.39, 0.29) is 5.82 Å². The summed E-state index contributed by atoms with van der Waals surface area (Å²) in [6.45, 7) is 0. The van der Waals surface area contributed by atoms with Crippen molar-refractivity contribution in [2.75, 3.05) is 9.80 Å². The fourth-order valence-corrected chi connectivity index (χ4v) is 16.2. The van der Waals surface area contributed by atoms with E-state index in [0.717, 1.165) is 130 Å². The molecular formula is C109H74F4N4. The summed E-state index contributed by atoms with van der Waals surface area (Å²) < 4.78 is 57.5. The number of halogens is 4. The second kappa shape index (κ2) is 31.5. The second-order valence-electron chi connectivity index (χ2n) is 29.3. The van der Waals surface area contributed by atoms with Crippen molar-refractivity contribution in [3.8, 4) is 100 Å². The molecule has 20 aromatic rings. The van der Waals surface area contributed by atoms with Gasteiger partial charge in [-0.3, -0.25) is 0 Å². The van der Waals surface area contributed by atoms with Crippen LogP contribution in [0.5, 0.6) is 0 Å². The fraction of sp³-hybridized carbons (Fsp3) is 0.00917. The van der Waals surface area contributed by atoms with E-state index in [9.17, 15) is 17.6 Å². The van der Waals surface area contributed by atoms with Crippen LogP contribution >= 0.6 is 0 Å². The van der Waals surface area contributed by atoms with Gasteiger partial charge in [0.1, 0.15) is 5.82 Å². The number of aromatic nitrogens is 2. The molecule has 0 amide bonds. The first-order valence-electron chi connectivity index (χ1n) is 39.2. The van der Waals surface area contributed by atoms with Crippen molar-refractivity contribution >= 4 is 77.7 Å². The molecular weight excluding hydrogens is 1440 g/mol. The van der Waals surface area contributed by atoms with E-state index in [0.29, 0.717) is 0 Å². The van der Waals surface area contributed by atoms with Crippen LogP contribution in [0.4, 0.5) is 51.7 Å². The van der Waals surface area contributed by atoms with E-state index in [1.54, 1.807) is 0 Å². The lowest BCUT2D eigenvalue weighted by Gasteiger charge is -2.26. The standard InChI is InChI=1S/C55H37F3N2.C54H37FN2/c56-55(57,58)46-28-18-41(19-29-46)39-14-16-40(17-15-39)43-22-32-48(33-23-43)59(47-30-20-42(21-31-47)38-8-2-1-3-9-38)49-34-24-44(25-35-49)45-26-36-50(37-27-45)60-53-12-6-4-10-51(53)52-11-5-7-13-54(52)60;55-46-28-18-41(19-29-46)39-14-16-40(17-15-39)43-22-32-48(33-23-43)56(47-30-20-42(21-31-47)38-8-2-1-3-9-38)49-34-24-44(25-35-49)45-26-36-50(37-27-45)57-53-12-6-4-10-51(53)52-11-5-7-13-54(52)57/h1-37H;1-37H. The van der Waals surface area contributed by atoms with Crippen molar-refractivity contribution in [1.82, 2.24) is 9.13 Å². The Kier molecular flexibility index (Phi) is 19.4. The normalized spacial score (nSPS) is 11.4. The maximum atomic E-state index is 13.5. The Hall–Kier alpha value is -15.1. The zero-order valence-corrected chi connectivity index (χ0v) is 63.5. The molecule has 0 bridgehead atoms. The Balaban J connectivity index is 0.000000156. The predicted molar refractivity (Wildman–Crippen MR) is 479 cm³/mol. The summed E-state index contributed by atoms with van der Waals surface area (Å²) in [5, 5.41) is 5.02. The van der Waals surface area contributed by atoms with Gasteiger partial charge in [-0.05, 0) is 235 Å². The molecule has 117 heavy (non-hydrogen) atoms. The SMILES string of the molecule is FC(F)(F)c1ccc(-c2ccc(-c3ccc(N(c4ccc(-c5ccccc5)cc4)c4ccc(-c5ccc(-n6c7ccccc7c7ccccc76)cc5)cc4)cc3)cc2)cc1.Fc1ccc(-c2ccc(-c3ccc(N(c4ccc(-c5ccccc5)cc4)c4ccc(-c5ccc(-n6c7ccccc7c7ccccc76)cc5)cc4)cc3)cc2)cc1. The van der Waals surface area contributed by atoms with Crippen molar-refractivity contribution in [3.05, 3.63) is 460 Å². The molecule has 558 valence electrons. The number of hydrogen-bond donors (Lipinski definition) is 0. The number of rotatable bonds is 16. The second-order valence-corrected chi connectivity index (χ2v) is 29.3. The number of para-hydroxylation sites is 4. The molecule has 0 fully saturated rings. The Morgan fingerprint density at radius 2 is 0.342 bits per heavy atom. The molecule has 0 spiro atoms. The minimum absolute atomic E-state index is 0.228. The monoisotopic (exact) mass is 1510 g/mol. The Morgan fingerprint density at radius 1 is 0.171 bits per heavy atom. The van der Waals surface area contributed by atoms with Gasteiger partial charge >= 0.3 is 6.18 Å². The zero-order chi connectivity index (χ0) is 78.8. The molecule has 0 radical (unpaired) electrons. The van der Waals surface area contributed by atoms with Gasteiger partial charge in [0.15, 0.2) is 0 Å². The number of hydrogen-bond acceptors (Lipinski definition) is 2. The third kappa shape index (κ3) is 14.7. The molecule has 0 atom stereocenters. The average Bonchev–Trinajstić information content (AvgIpc) is 1.23. The lowest BCUT2D eigenvalue weighted by atomic mass is 9.99. The van der Waals surface area contributed by atoms with Gasteiger partial charge < -0.3 is 18.9 Å². The highest BCUT2D eigenvalue weighted by atomic mass is 19.4. The van der Waals surface area contributed by atoms with Gasteiger partial charge in [-0.25, -0.2) is 4.39 Å². The highest BCUT2D eigenvalue weighted by molar-refractivity contribution is 6.10. The first-order valence-corrected chi connectivity index (χ1v) is 39.2. The summed E-state index contributed by atoms with van der Waals surface area (Å²) in [6.07, 6.45) is -4.36. The van der Waals surface area contributed by atoms with Crippen LogP contribution in [0, 0.1) is 5.82 Å². The average molecular weight is 1520 g/mol. The van der Waals surface area contributed by atoms with Crippen molar-refractivity contribution in [2.45, 2.75) is 6.18 Å². The van der Waals surface area contributed by atoms with E-state index in [1.165, 1.54) is 84.6 Å². The highest BCUT2D eigenvalue weighted by Gasteiger charge is 2.30. The van der Waals surface area contributed by atoms with Gasteiger partial charge in [0.05, 0.1) is 27.6 Å². The topological polar surface area (TPSA) is 16.3 Å². The number of anilines is 6. The third-order valence-electron chi connectivity index (χ3n) is 22.2. The van der Waals surface area contributed by atoms with Crippen LogP contribution in [0.1, 0.15) is 5.56 Å². The lowest BCUT2D eigenvalue weighted by Crippen LogP contribution is -2.09. The summed E-state index contributed by atoms with van der Waals surface area (Å²) in [7, 11) is 0. The van der Waals surface area contributed by atoms with Gasteiger partial charge in [0.25, 0.3) is 0 Å². The largest absolute Gasteiger partial charge is 0.416 e. The van der Waals surface area contributed by atoms with Gasteiger partial charge in [-0.1, -0.05) is 303 Å². The molecule has 18 aromatic carbocycles. The predicted octanol–water partition coefficient (Wildman–Crippen LogP) is 31.0. The summed E-state index contributed by atoms with van der Waals surface area (Å²) in [4.78, 5) is 4.58. The van der Waals surface area contributed by atoms with Crippen LogP contribution in [-0.4, -0.2) is 9.13 Å². The maximum absolute atomic E-state index is 13.5. The van der Waals surface area contributed by atoms with Gasteiger partial charge in [-0.15, -0.1) is 0 Å². The Morgan fingerprint density at radius 3 is 0.564 bits per heavy atom. The fourth-order valence-electron chi connectivity index (χ4n) is 16.2. The molecule has 0 unspecified atom stereocenters. The van der Waals surface area contributed by atoms with E-state index in [2.05, 4.69) is 383 Å². The smallest absolute Gasteiger partial charge is 0.311 e. The summed E-state index contributed by atoms with van der Waals surface area (Å²) in [5.74, 6) is -0.228. The Bertz CT molecular complexity index is 6740. The van der Waals surface area contributed by atoms with Crippen LogP contribution in [0.25, 0.3) is 144 Å². The molecule has 0 N–H and O–H groups in total. The van der Waals surface area contributed by atoms with Crippen molar-refractivity contribution in [1.29, 1.82) is 0 Å². The molecule has 0 aliphatic heterocycles. The minimum Gasteiger partial charge on any atom is -0.311 e. The minimum atomic E-state index is -4.36. The molecule has 20 rings (SSSR count). The molecule has 4 nitrogen and oxygen atoms in total. The van der Waals surface area contributed by atoms with Crippen LogP contribution in [0.2, 0.25) is 0 Å². The van der Waals surface area contributed by atoms with Gasteiger partial charge in [-0.2, -0.15) is 13.2 Å². The molecule has 0 aliphatic carbocycles. The van der Waals surface area contributed by atoms with E-state index >= 15 is 0 Å². The molecule has 2 aromatic heterocycles. The Labute approximate surface area is 676 Å². The van der Waals surface area contributed by atoms with Gasteiger partial charge in [0, 0.05) is 67.0 Å². The molecule has 0 saturated carbocycles. The van der Waals surface area contributed by atoms with E-state index in [1.807, 2.05) is 48.5 Å². The maximum Gasteiger partial charge on any atom is 0.416 e. The first-order chi connectivity index (χ1) is 57.5. The molecule has 0 saturated heterocycles. The quantitative estimate of drug-likeness (QED) is 0.0897. The summed E-state index contributed by atoms with van der Waals surface area (Å²) in [5.41, 5.74) is 29.9. The van der Waals surface area contributed by atoms with E-state index in [4.69, 9.17) is 0 Å². The number of nitrogens with zero attached hydrogens (tertiary/aromatic N) is 4. The van der Waals surface area contributed by atoms with Crippen LogP contribution < -0.4 is 9.80 Å². The number of alkyl halides is 3. The lowest BCUT2D eigenvalue weighted by molar-refractivity contribution is -0.137. The highest BCUT2D eigenvalue weighted by Crippen LogP contribution is 2.43. The first kappa shape index (κ1) is 72.1. The molecule has 2 heterocycles. The number of benzene rings is 18. The summed E-state index contributed by atoms with van der Waals surface area (Å²) in [6, 6.07) is 153. The van der Waals surface area contributed by atoms with Crippen molar-refractivity contribution in [2.24, 2.45) is 0 Å². The van der Waals surface area contributed by atoms with E-state index < -0.39 is 11.7 Å². The van der Waals surface area contributed by atoms with Crippen molar-refractivity contribution in [3.63, 3.8) is 0 Å². The van der Waals surface area contributed by atoms with Crippen molar-refractivity contribution < 1.29 is 17.6 Å². The third-order valence-corrected chi connectivity index (χ3v) is 22.2. The van der Waals surface area contributed by atoms with Crippen LogP contribution in [0.15, 0.2) is 449 Å². The van der Waals surface area contributed by atoms with Crippen LogP contribution in [-0.2, 0) is 6.18 Å². The zero-order valence-electron chi connectivity index (χ0n) is 63.5. The summed E-state index contributed by atoms with van der Waals surface area (Å²) >= 11 is 0.